The first kappa shape index (κ1) is 16.5. The number of sulfone groups is 1. The van der Waals surface area contributed by atoms with E-state index in [4.69, 9.17) is 11.6 Å². The van der Waals surface area contributed by atoms with Crippen LogP contribution in [0.1, 0.15) is 19.3 Å². The number of hydrogen-bond donors (Lipinski definition) is 0. The van der Waals surface area contributed by atoms with E-state index in [1.54, 1.807) is 0 Å². The SMILES string of the molecule is CN(C1CCS(=O)(=O)C1)S(=O)(=O)N1CCC(CCl)CC1. The Bertz CT molecular complexity index is 541. The lowest BCUT2D eigenvalue weighted by Crippen LogP contribution is -2.49. The van der Waals surface area contributed by atoms with Crippen molar-refractivity contribution >= 4 is 31.6 Å². The van der Waals surface area contributed by atoms with Crippen LogP contribution in [-0.2, 0) is 20.0 Å². The Morgan fingerprint density at radius 2 is 1.85 bits per heavy atom. The Morgan fingerprint density at radius 3 is 2.30 bits per heavy atom. The van der Waals surface area contributed by atoms with Gasteiger partial charge in [0.2, 0.25) is 0 Å². The maximum absolute atomic E-state index is 12.5. The van der Waals surface area contributed by atoms with Gasteiger partial charge in [0.15, 0.2) is 9.84 Å². The molecule has 6 nitrogen and oxygen atoms in total. The molecule has 0 bridgehead atoms. The van der Waals surface area contributed by atoms with Crippen LogP contribution in [0.2, 0.25) is 0 Å². The van der Waals surface area contributed by atoms with Crippen LogP contribution in [-0.4, -0.2) is 69.0 Å². The number of nitrogens with zero attached hydrogens (tertiary/aromatic N) is 2. The summed E-state index contributed by atoms with van der Waals surface area (Å²) in [5.41, 5.74) is 0. The van der Waals surface area contributed by atoms with Crippen LogP contribution in [0, 0.1) is 5.92 Å². The summed E-state index contributed by atoms with van der Waals surface area (Å²) in [6, 6.07) is -0.434. The molecule has 2 aliphatic heterocycles. The Balaban J connectivity index is 2.03. The molecule has 0 radical (unpaired) electrons. The fraction of sp³-hybridized carbons (Fsp3) is 1.00. The highest BCUT2D eigenvalue weighted by Crippen LogP contribution is 2.25. The van der Waals surface area contributed by atoms with Gasteiger partial charge >= 0.3 is 0 Å². The average Bonchev–Trinajstić information content (AvgIpc) is 2.78. The Hall–Kier alpha value is 0.110. The highest BCUT2D eigenvalue weighted by atomic mass is 35.5. The minimum atomic E-state index is -3.57. The van der Waals surface area contributed by atoms with Crippen molar-refractivity contribution in [1.29, 1.82) is 0 Å². The molecule has 0 aromatic rings. The lowest BCUT2D eigenvalue weighted by Gasteiger charge is -2.34. The largest absolute Gasteiger partial charge is 0.282 e. The molecule has 0 aromatic heterocycles. The van der Waals surface area contributed by atoms with E-state index in [0.717, 1.165) is 12.8 Å². The van der Waals surface area contributed by atoms with Crippen molar-refractivity contribution in [3.05, 3.63) is 0 Å². The molecule has 0 saturated carbocycles. The first-order chi connectivity index (χ1) is 9.26. The van der Waals surface area contributed by atoms with Gasteiger partial charge in [-0.05, 0) is 25.2 Å². The molecule has 0 amide bonds. The zero-order valence-electron chi connectivity index (χ0n) is 11.5. The number of piperidine rings is 1. The van der Waals surface area contributed by atoms with Crippen molar-refractivity contribution in [3.63, 3.8) is 0 Å². The Labute approximate surface area is 126 Å². The maximum Gasteiger partial charge on any atom is 0.282 e. The van der Waals surface area contributed by atoms with Gasteiger partial charge in [-0.25, -0.2) is 8.42 Å². The van der Waals surface area contributed by atoms with Crippen LogP contribution in [0.4, 0.5) is 0 Å². The quantitative estimate of drug-likeness (QED) is 0.687. The van der Waals surface area contributed by atoms with Crippen molar-refractivity contribution in [2.45, 2.75) is 25.3 Å². The summed E-state index contributed by atoms with van der Waals surface area (Å²) in [6.07, 6.45) is 1.91. The van der Waals surface area contributed by atoms with E-state index in [1.807, 2.05) is 0 Å². The predicted octanol–water partition coefficient (Wildman–Crippen LogP) is 0.301. The molecule has 0 spiro atoms. The molecular formula is C11H21ClN2O4S2. The van der Waals surface area contributed by atoms with Gasteiger partial charge in [-0.15, -0.1) is 11.6 Å². The first-order valence-electron chi connectivity index (χ1n) is 6.76. The van der Waals surface area contributed by atoms with E-state index >= 15 is 0 Å². The molecule has 9 heteroatoms. The average molecular weight is 345 g/mol. The zero-order valence-corrected chi connectivity index (χ0v) is 13.9. The van der Waals surface area contributed by atoms with E-state index in [9.17, 15) is 16.8 Å². The van der Waals surface area contributed by atoms with Gasteiger partial charge in [-0.2, -0.15) is 17.0 Å². The Morgan fingerprint density at radius 1 is 1.25 bits per heavy atom. The molecule has 2 fully saturated rings. The number of alkyl halides is 1. The summed E-state index contributed by atoms with van der Waals surface area (Å²) in [7, 11) is -5.17. The molecule has 20 heavy (non-hydrogen) atoms. The van der Waals surface area contributed by atoms with E-state index in [1.165, 1.54) is 15.7 Å². The molecule has 118 valence electrons. The molecule has 0 N–H and O–H groups in total. The van der Waals surface area contributed by atoms with Gasteiger partial charge in [-0.1, -0.05) is 0 Å². The summed E-state index contributed by atoms with van der Waals surface area (Å²) >= 11 is 5.79. The third kappa shape index (κ3) is 3.47. The van der Waals surface area contributed by atoms with Crippen LogP contribution in [0.15, 0.2) is 0 Å². The van der Waals surface area contributed by atoms with E-state index < -0.39 is 26.1 Å². The Kier molecular flexibility index (Phi) is 5.01. The second kappa shape index (κ2) is 6.08. The van der Waals surface area contributed by atoms with Gasteiger partial charge in [0, 0.05) is 32.1 Å². The third-order valence-electron chi connectivity index (χ3n) is 4.20. The molecule has 0 aromatic carbocycles. The topological polar surface area (TPSA) is 74.8 Å². The molecule has 2 saturated heterocycles. The van der Waals surface area contributed by atoms with Crippen LogP contribution in [0.5, 0.6) is 0 Å². The second-order valence-electron chi connectivity index (χ2n) is 5.58. The first-order valence-corrected chi connectivity index (χ1v) is 10.5. The van der Waals surface area contributed by atoms with Gasteiger partial charge in [0.1, 0.15) is 0 Å². The summed E-state index contributed by atoms with van der Waals surface area (Å²) < 4.78 is 50.6. The lowest BCUT2D eigenvalue weighted by molar-refractivity contribution is 0.263. The smallest absolute Gasteiger partial charge is 0.229 e. The number of halogens is 1. The van der Waals surface area contributed by atoms with E-state index in [0.29, 0.717) is 31.3 Å². The van der Waals surface area contributed by atoms with Crippen LogP contribution in [0.3, 0.4) is 0 Å². The van der Waals surface area contributed by atoms with Crippen LogP contribution in [0.25, 0.3) is 0 Å². The van der Waals surface area contributed by atoms with Gasteiger partial charge in [0.05, 0.1) is 11.5 Å². The highest BCUT2D eigenvalue weighted by Gasteiger charge is 2.39. The second-order valence-corrected chi connectivity index (χ2v) is 10.1. The normalized spacial score (nSPS) is 29.1. The molecule has 0 aliphatic carbocycles. The summed E-state index contributed by atoms with van der Waals surface area (Å²) in [6.45, 7) is 0.924. The summed E-state index contributed by atoms with van der Waals surface area (Å²) in [5.74, 6) is 0.942. The highest BCUT2D eigenvalue weighted by molar-refractivity contribution is 7.91. The molecular weight excluding hydrogens is 324 g/mol. The fourth-order valence-electron chi connectivity index (χ4n) is 2.73. The number of rotatable bonds is 4. The van der Waals surface area contributed by atoms with Gasteiger partial charge < -0.3 is 0 Å². The monoisotopic (exact) mass is 344 g/mol. The zero-order chi connectivity index (χ0) is 15.0. The molecule has 2 heterocycles. The van der Waals surface area contributed by atoms with Crippen LogP contribution >= 0.6 is 11.6 Å². The molecule has 1 atom stereocenters. The van der Waals surface area contributed by atoms with Crippen molar-refractivity contribution in [1.82, 2.24) is 8.61 Å². The minimum absolute atomic E-state index is 0.0686. The fourth-order valence-corrected chi connectivity index (χ4v) is 6.50. The van der Waals surface area contributed by atoms with Crippen molar-refractivity contribution in [2.75, 3.05) is 37.5 Å². The van der Waals surface area contributed by atoms with E-state index in [2.05, 4.69) is 0 Å². The maximum atomic E-state index is 12.5. The lowest BCUT2D eigenvalue weighted by atomic mass is 10.0. The summed E-state index contributed by atoms with van der Waals surface area (Å²) in [5, 5.41) is 0. The summed E-state index contributed by atoms with van der Waals surface area (Å²) in [4.78, 5) is 0. The van der Waals surface area contributed by atoms with E-state index in [-0.39, 0.29) is 11.5 Å². The van der Waals surface area contributed by atoms with Crippen LogP contribution < -0.4 is 0 Å². The third-order valence-corrected chi connectivity index (χ3v) is 8.44. The molecule has 2 rings (SSSR count). The molecule has 1 unspecified atom stereocenters. The van der Waals surface area contributed by atoms with Gasteiger partial charge in [-0.3, -0.25) is 0 Å². The number of hydrogen-bond acceptors (Lipinski definition) is 4. The van der Waals surface area contributed by atoms with Crippen molar-refractivity contribution in [3.8, 4) is 0 Å². The van der Waals surface area contributed by atoms with Crippen molar-refractivity contribution in [2.24, 2.45) is 5.92 Å². The standard InChI is InChI=1S/C11H21ClN2O4S2/c1-13(11-4-7-19(15,16)9-11)20(17,18)14-5-2-10(8-12)3-6-14/h10-11H,2-9H2,1H3. The minimum Gasteiger partial charge on any atom is -0.229 e. The molecule has 2 aliphatic rings. The predicted molar refractivity (Wildman–Crippen MR) is 78.8 cm³/mol. The van der Waals surface area contributed by atoms with Crippen molar-refractivity contribution < 1.29 is 16.8 Å². The van der Waals surface area contributed by atoms with Gasteiger partial charge in [0.25, 0.3) is 10.2 Å².